The first kappa shape index (κ1) is 14.5. The van der Waals surface area contributed by atoms with E-state index in [1.165, 1.54) is 0 Å². The van der Waals surface area contributed by atoms with Crippen LogP contribution in [0.25, 0.3) is 0 Å². The van der Waals surface area contributed by atoms with Gasteiger partial charge in [-0.15, -0.1) is 0 Å². The molecule has 0 saturated heterocycles. The summed E-state index contributed by atoms with van der Waals surface area (Å²) in [7, 11) is 0. The molecular formula is C14H22N2O2. The minimum Gasteiger partial charge on any atom is -0.507 e. The first-order valence-electron chi connectivity index (χ1n) is 6.14. The van der Waals surface area contributed by atoms with Crippen molar-refractivity contribution in [3.63, 3.8) is 0 Å². The van der Waals surface area contributed by atoms with Crippen LogP contribution in [0, 0.1) is 19.8 Å². The second kappa shape index (κ2) is 5.87. The molecule has 1 aromatic carbocycles. The molecule has 4 heteroatoms. The minimum atomic E-state index is -0.336. The van der Waals surface area contributed by atoms with Crippen LogP contribution in [0.3, 0.4) is 0 Å². The topological polar surface area (TPSA) is 75.3 Å². The summed E-state index contributed by atoms with van der Waals surface area (Å²) in [6.45, 7) is 8.19. The van der Waals surface area contributed by atoms with Crippen molar-refractivity contribution in [1.82, 2.24) is 5.32 Å². The summed E-state index contributed by atoms with van der Waals surface area (Å²) in [4.78, 5) is 11.3. The van der Waals surface area contributed by atoms with E-state index in [4.69, 9.17) is 5.73 Å². The van der Waals surface area contributed by atoms with Gasteiger partial charge in [-0.1, -0.05) is 26.0 Å². The van der Waals surface area contributed by atoms with Crippen molar-refractivity contribution in [2.75, 3.05) is 0 Å². The second-order valence-electron chi connectivity index (χ2n) is 5.08. The largest absolute Gasteiger partial charge is 0.507 e. The summed E-state index contributed by atoms with van der Waals surface area (Å²) in [5.41, 5.74) is 8.06. The van der Waals surface area contributed by atoms with Gasteiger partial charge in [0.1, 0.15) is 5.75 Å². The number of phenols is 1. The smallest absolute Gasteiger partial charge is 0.234 e. The number of primary amides is 1. The van der Waals surface area contributed by atoms with Crippen LogP contribution in [0.15, 0.2) is 12.1 Å². The molecule has 0 saturated carbocycles. The van der Waals surface area contributed by atoms with Crippen molar-refractivity contribution < 1.29 is 9.90 Å². The van der Waals surface area contributed by atoms with Gasteiger partial charge in [0.05, 0.1) is 6.04 Å². The van der Waals surface area contributed by atoms with E-state index < -0.39 is 0 Å². The van der Waals surface area contributed by atoms with Gasteiger partial charge in [-0.25, -0.2) is 0 Å². The monoisotopic (exact) mass is 250 g/mol. The molecule has 0 aliphatic carbocycles. The third kappa shape index (κ3) is 3.47. The van der Waals surface area contributed by atoms with E-state index in [-0.39, 0.29) is 17.9 Å². The SMILES string of the molecule is Cc1cc(CNC(C(N)=O)C(C)C)cc(C)c1O. The van der Waals surface area contributed by atoms with Gasteiger partial charge < -0.3 is 16.2 Å². The highest BCUT2D eigenvalue weighted by Gasteiger charge is 2.18. The predicted octanol–water partition coefficient (Wildman–Crippen LogP) is 1.61. The van der Waals surface area contributed by atoms with Gasteiger partial charge in [-0.2, -0.15) is 0 Å². The van der Waals surface area contributed by atoms with E-state index in [0.717, 1.165) is 16.7 Å². The predicted molar refractivity (Wildman–Crippen MR) is 72.2 cm³/mol. The molecule has 0 heterocycles. The number of amides is 1. The normalized spacial score (nSPS) is 12.7. The van der Waals surface area contributed by atoms with Crippen LogP contribution in [0.2, 0.25) is 0 Å². The van der Waals surface area contributed by atoms with Crippen molar-refractivity contribution in [2.45, 2.75) is 40.3 Å². The van der Waals surface area contributed by atoms with Crippen LogP contribution in [-0.4, -0.2) is 17.1 Å². The summed E-state index contributed by atoms with van der Waals surface area (Å²) < 4.78 is 0. The van der Waals surface area contributed by atoms with E-state index in [2.05, 4.69) is 5.32 Å². The molecule has 1 rings (SSSR count). The Labute approximate surface area is 108 Å². The lowest BCUT2D eigenvalue weighted by Gasteiger charge is -2.19. The molecule has 0 bridgehead atoms. The standard InChI is InChI=1S/C14H22N2O2/c1-8(2)12(14(15)18)16-7-11-5-9(3)13(17)10(4)6-11/h5-6,8,12,16-17H,7H2,1-4H3,(H2,15,18). The molecule has 1 atom stereocenters. The molecule has 1 unspecified atom stereocenters. The van der Waals surface area contributed by atoms with E-state index in [0.29, 0.717) is 12.3 Å². The zero-order chi connectivity index (χ0) is 13.9. The van der Waals surface area contributed by atoms with Crippen LogP contribution in [-0.2, 0) is 11.3 Å². The molecule has 0 fully saturated rings. The molecule has 0 aromatic heterocycles. The Balaban J connectivity index is 2.77. The van der Waals surface area contributed by atoms with Crippen molar-refractivity contribution in [2.24, 2.45) is 11.7 Å². The van der Waals surface area contributed by atoms with Crippen LogP contribution >= 0.6 is 0 Å². The Hall–Kier alpha value is -1.55. The summed E-state index contributed by atoms with van der Waals surface area (Å²) in [6.07, 6.45) is 0. The Morgan fingerprint density at radius 2 is 1.83 bits per heavy atom. The number of benzene rings is 1. The first-order valence-corrected chi connectivity index (χ1v) is 6.14. The fraction of sp³-hybridized carbons (Fsp3) is 0.500. The number of aromatic hydroxyl groups is 1. The van der Waals surface area contributed by atoms with Crippen molar-refractivity contribution >= 4 is 5.91 Å². The number of phenolic OH excluding ortho intramolecular Hbond substituents is 1. The van der Waals surface area contributed by atoms with Crippen molar-refractivity contribution in [1.29, 1.82) is 0 Å². The van der Waals surface area contributed by atoms with Gasteiger partial charge in [0.2, 0.25) is 5.91 Å². The number of nitrogens with two attached hydrogens (primary N) is 1. The Morgan fingerprint density at radius 3 is 2.22 bits per heavy atom. The number of rotatable bonds is 5. The maximum atomic E-state index is 11.3. The molecule has 4 N–H and O–H groups in total. The van der Waals surface area contributed by atoms with Gasteiger partial charge in [0.25, 0.3) is 0 Å². The Kier molecular flexibility index (Phi) is 4.73. The zero-order valence-electron chi connectivity index (χ0n) is 11.4. The molecule has 1 aromatic rings. The Morgan fingerprint density at radius 1 is 1.33 bits per heavy atom. The maximum Gasteiger partial charge on any atom is 0.234 e. The Bertz CT molecular complexity index is 418. The fourth-order valence-electron chi connectivity index (χ4n) is 2.04. The van der Waals surface area contributed by atoms with Crippen LogP contribution in [0.1, 0.15) is 30.5 Å². The molecule has 100 valence electrons. The number of aryl methyl sites for hydroxylation is 2. The molecule has 18 heavy (non-hydrogen) atoms. The van der Waals surface area contributed by atoms with Crippen LogP contribution < -0.4 is 11.1 Å². The van der Waals surface area contributed by atoms with Crippen molar-refractivity contribution in [3.8, 4) is 5.75 Å². The molecule has 0 aliphatic heterocycles. The lowest BCUT2D eigenvalue weighted by atomic mass is 10.0. The molecular weight excluding hydrogens is 228 g/mol. The van der Waals surface area contributed by atoms with Gasteiger partial charge in [0.15, 0.2) is 0 Å². The molecule has 1 amide bonds. The third-order valence-electron chi connectivity index (χ3n) is 3.05. The zero-order valence-corrected chi connectivity index (χ0v) is 11.4. The van der Waals surface area contributed by atoms with Gasteiger partial charge in [-0.3, -0.25) is 4.79 Å². The maximum absolute atomic E-state index is 11.3. The average Bonchev–Trinajstić information content (AvgIpc) is 2.24. The highest BCUT2D eigenvalue weighted by molar-refractivity contribution is 5.80. The number of hydrogen-bond acceptors (Lipinski definition) is 3. The summed E-state index contributed by atoms with van der Waals surface area (Å²) in [6, 6.07) is 3.49. The average molecular weight is 250 g/mol. The van der Waals surface area contributed by atoms with Gasteiger partial charge >= 0.3 is 0 Å². The van der Waals surface area contributed by atoms with Crippen molar-refractivity contribution in [3.05, 3.63) is 28.8 Å². The van der Waals surface area contributed by atoms with E-state index in [9.17, 15) is 9.90 Å². The molecule has 0 aliphatic rings. The number of carbonyl (C=O) groups is 1. The third-order valence-corrected chi connectivity index (χ3v) is 3.05. The minimum absolute atomic E-state index is 0.154. The molecule has 0 radical (unpaired) electrons. The highest BCUT2D eigenvalue weighted by Crippen LogP contribution is 2.22. The lowest BCUT2D eigenvalue weighted by Crippen LogP contribution is -2.44. The van der Waals surface area contributed by atoms with E-state index in [1.807, 2.05) is 39.8 Å². The molecule has 4 nitrogen and oxygen atoms in total. The number of nitrogens with one attached hydrogen (secondary N) is 1. The molecule has 0 spiro atoms. The quantitative estimate of drug-likeness (QED) is 0.743. The van der Waals surface area contributed by atoms with Crippen LogP contribution in [0.5, 0.6) is 5.75 Å². The first-order chi connectivity index (χ1) is 8.32. The summed E-state index contributed by atoms with van der Waals surface area (Å²) >= 11 is 0. The highest BCUT2D eigenvalue weighted by atomic mass is 16.3. The number of hydrogen-bond donors (Lipinski definition) is 3. The summed E-state index contributed by atoms with van der Waals surface area (Å²) in [5, 5.41) is 12.8. The van der Waals surface area contributed by atoms with E-state index in [1.54, 1.807) is 0 Å². The number of carbonyl (C=O) groups excluding carboxylic acids is 1. The van der Waals surface area contributed by atoms with Gasteiger partial charge in [0, 0.05) is 6.54 Å². The summed E-state index contributed by atoms with van der Waals surface area (Å²) in [5.74, 6) is 0.146. The lowest BCUT2D eigenvalue weighted by molar-refractivity contribution is -0.121. The van der Waals surface area contributed by atoms with Gasteiger partial charge in [-0.05, 0) is 36.5 Å². The van der Waals surface area contributed by atoms with Crippen LogP contribution in [0.4, 0.5) is 0 Å². The fourth-order valence-corrected chi connectivity index (χ4v) is 2.04. The second-order valence-corrected chi connectivity index (χ2v) is 5.08. The van der Waals surface area contributed by atoms with E-state index >= 15 is 0 Å².